The van der Waals surface area contributed by atoms with Crippen LogP contribution in [-0.4, -0.2) is 5.91 Å². The normalized spacial score (nSPS) is 31.7. The van der Waals surface area contributed by atoms with Crippen LogP contribution in [0.2, 0.25) is 0 Å². The Morgan fingerprint density at radius 2 is 2.22 bits per heavy atom. The van der Waals surface area contributed by atoms with Gasteiger partial charge >= 0.3 is 0 Å². The van der Waals surface area contributed by atoms with Crippen LogP contribution >= 0.6 is 11.3 Å². The number of carbonyl (C=O) groups is 1. The Balaban J connectivity index is 1.54. The molecule has 2 saturated carbocycles. The number of carbonyl (C=O) groups excluding carboxylic acids is 1. The molecule has 3 aliphatic rings. The van der Waals surface area contributed by atoms with Crippen LogP contribution in [0.15, 0.2) is 0 Å². The highest BCUT2D eigenvalue weighted by atomic mass is 32.1. The van der Waals surface area contributed by atoms with Gasteiger partial charge in [-0.2, -0.15) is 5.26 Å². The molecule has 4 heteroatoms. The number of nitrogens with zero attached hydrogens (tertiary/aromatic N) is 1. The second-order valence-electron chi connectivity index (χ2n) is 7.61. The summed E-state index contributed by atoms with van der Waals surface area (Å²) in [6.07, 6.45) is 9.27. The molecule has 1 N–H and O–H groups in total. The van der Waals surface area contributed by atoms with Crippen LogP contribution in [0.4, 0.5) is 5.00 Å². The van der Waals surface area contributed by atoms with E-state index < -0.39 is 0 Å². The minimum atomic E-state index is 0.166. The predicted octanol–water partition coefficient (Wildman–Crippen LogP) is 4.51. The van der Waals surface area contributed by atoms with Gasteiger partial charge in [0.2, 0.25) is 5.91 Å². The molecule has 0 radical (unpaired) electrons. The van der Waals surface area contributed by atoms with Crippen molar-refractivity contribution in [3.63, 3.8) is 0 Å². The molecule has 2 bridgehead atoms. The molecule has 3 nitrogen and oxygen atoms in total. The van der Waals surface area contributed by atoms with E-state index in [4.69, 9.17) is 0 Å². The van der Waals surface area contributed by atoms with Crippen molar-refractivity contribution in [2.75, 3.05) is 5.32 Å². The first-order chi connectivity index (χ1) is 11.2. The van der Waals surface area contributed by atoms with Gasteiger partial charge < -0.3 is 5.32 Å². The molecule has 1 amide bonds. The Bertz CT molecular complexity index is 672. The summed E-state index contributed by atoms with van der Waals surface area (Å²) >= 11 is 1.66. The summed E-state index contributed by atoms with van der Waals surface area (Å²) in [5.74, 6) is 2.45. The number of anilines is 1. The molecule has 0 aromatic carbocycles. The third-order valence-corrected chi connectivity index (χ3v) is 7.54. The van der Waals surface area contributed by atoms with Crippen LogP contribution in [-0.2, 0) is 17.6 Å². The quantitative estimate of drug-likeness (QED) is 0.887. The van der Waals surface area contributed by atoms with E-state index in [2.05, 4.69) is 18.3 Å². The number of amides is 1. The molecular formula is C19H24N2OS. The zero-order valence-electron chi connectivity index (χ0n) is 13.7. The molecule has 0 spiro atoms. The van der Waals surface area contributed by atoms with Crippen LogP contribution in [0.5, 0.6) is 0 Å². The van der Waals surface area contributed by atoms with Crippen LogP contribution in [0.1, 0.15) is 61.5 Å². The predicted molar refractivity (Wildman–Crippen MR) is 92.4 cm³/mol. The van der Waals surface area contributed by atoms with E-state index in [1.807, 2.05) is 0 Å². The molecule has 0 aliphatic heterocycles. The summed E-state index contributed by atoms with van der Waals surface area (Å²) in [6.45, 7) is 2.24. The fraction of sp³-hybridized carbons (Fsp3) is 0.684. The smallest absolute Gasteiger partial charge is 0.228 e. The van der Waals surface area contributed by atoms with Gasteiger partial charge in [-0.15, -0.1) is 11.3 Å². The summed E-state index contributed by atoms with van der Waals surface area (Å²) < 4.78 is 0. The molecule has 4 unspecified atom stereocenters. The number of hydrogen-bond acceptors (Lipinski definition) is 3. The minimum Gasteiger partial charge on any atom is -0.316 e. The van der Waals surface area contributed by atoms with Crippen molar-refractivity contribution < 1.29 is 4.79 Å². The van der Waals surface area contributed by atoms with Gasteiger partial charge in [0.05, 0.1) is 5.56 Å². The second kappa shape index (κ2) is 5.94. The third-order valence-electron chi connectivity index (χ3n) is 6.37. The van der Waals surface area contributed by atoms with E-state index >= 15 is 0 Å². The van der Waals surface area contributed by atoms with E-state index in [1.54, 1.807) is 11.3 Å². The number of thiophene rings is 1. The number of rotatable bonds is 3. The van der Waals surface area contributed by atoms with Gasteiger partial charge in [-0.1, -0.05) is 19.8 Å². The van der Waals surface area contributed by atoms with Crippen molar-refractivity contribution in [2.24, 2.45) is 23.7 Å². The van der Waals surface area contributed by atoms with Crippen LogP contribution < -0.4 is 5.32 Å². The number of hydrogen-bond donors (Lipinski definition) is 1. The highest BCUT2D eigenvalue weighted by molar-refractivity contribution is 7.16. The zero-order valence-corrected chi connectivity index (χ0v) is 14.5. The maximum atomic E-state index is 12.7. The van der Waals surface area contributed by atoms with Gasteiger partial charge in [-0.25, -0.2) is 0 Å². The Morgan fingerprint density at radius 1 is 1.35 bits per heavy atom. The average molecular weight is 328 g/mol. The topological polar surface area (TPSA) is 52.9 Å². The van der Waals surface area contributed by atoms with Crippen LogP contribution in [0.3, 0.4) is 0 Å². The van der Waals surface area contributed by atoms with E-state index in [0.29, 0.717) is 5.92 Å². The van der Waals surface area contributed by atoms with Crippen LogP contribution in [0, 0.1) is 35.0 Å². The SMILES string of the molecule is CCC1CCc2c(sc(NC(=O)C3CC4CCC3C4)c2C#N)C1. The van der Waals surface area contributed by atoms with Crippen molar-refractivity contribution >= 4 is 22.2 Å². The molecule has 4 rings (SSSR count). The van der Waals surface area contributed by atoms with Gasteiger partial charge in [0.25, 0.3) is 0 Å². The lowest BCUT2D eigenvalue weighted by atomic mass is 9.86. The molecule has 0 saturated heterocycles. The summed E-state index contributed by atoms with van der Waals surface area (Å²) in [6, 6.07) is 2.36. The van der Waals surface area contributed by atoms with Crippen LogP contribution in [0.25, 0.3) is 0 Å². The van der Waals surface area contributed by atoms with Gasteiger partial charge in [0.1, 0.15) is 11.1 Å². The summed E-state index contributed by atoms with van der Waals surface area (Å²) in [7, 11) is 0. The summed E-state index contributed by atoms with van der Waals surface area (Å²) in [4.78, 5) is 14.0. The van der Waals surface area contributed by atoms with Crippen molar-refractivity contribution in [1.82, 2.24) is 0 Å². The van der Waals surface area contributed by atoms with Crippen molar-refractivity contribution in [3.05, 3.63) is 16.0 Å². The monoisotopic (exact) mass is 328 g/mol. The van der Waals surface area contributed by atoms with Crippen molar-refractivity contribution in [1.29, 1.82) is 5.26 Å². The Hall–Kier alpha value is -1.34. The second-order valence-corrected chi connectivity index (χ2v) is 8.71. The molecule has 122 valence electrons. The van der Waals surface area contributed by atoms with Gasteiger partial charge in [-0.05, 0) is 61.8 Å². The van der Waals surface area contributed by atoms with Gasteiger partial charge in [0, 0.05) is 10.8 Å². The molecule has 1 heterocycles. The van der Waals surface area contributed by atoms with E-state index in [0.717, 1.165) is 41.7 Å². The Labute approximate surface area is 142 Å². The molecule has 23 heavy (non-hydrogen) atoms. The summed E-state index contributed by atoms with van der Waals surface area (Å²) in [5.41, 5.74) is 1.96. The van der Waals surface area contributed by atoms with E-state index in [-0.39, 0.29) is 11.8 Å². The molecule has 1 aromatic heterocycles. The first-order valence-electron chi connectivity index (χ1n) is 9.05. The molecule has 3 aliphatic carbocycles. The molecular weight excluding hydrogens is 304 g/mol. The fourth-order valence-corrected chi connectivity index (χ4v) is 6.29. The zero-order chi connectivity index (χ0) is 16.0. The summed E-state index contributed by atoms with van der Waals surface area (Å²) in [5, 5.41) is 13.5. The van der Waals surface area contributed by atoms with Gasteiger partial charge in [-0.3, -0.25) is 4.79 Å². The molecule has 4 atom stereocenters. The Morgan fingerprint density at radius 3 is 2.87 bits per heavy atom. The number of nitriles is 1. The lowest BCUT2D eigenvalue weighted by Crippen LogP contribution is -2.27. The standard InChI is InChI=1S/C19H24N2OS/c1-2-11-4-6-14-16(10-20)19(23-17(14)9-11)21-18(22)15-8-12-3-5-13(15)7-12/h11-13,15H,2-9H2,1H3,(H,21,22). The fourth-order valence-electron chi connectivity index (χ4n) is 4.98. The first-order valence-corrected chi connectivity index (χ1v) is 9.86. The minimum absolute atomic E-state index is 0.166. The van der Waals surface area contributed by atoms with Gasteiger partial charge in [0.15, 0.2) is 0 Å². The van der Waals surface area contributed by atoms with E-state index in [9.17, 15) is 10.1 Å². The third kappa shape index (κ3) is 2.59. The molecule has 2 fully saturated rings. The van der Waals surface area contributed by atoms with E-state index in [1.165, 1.54) is 42.5 Å². The average Bonchev–Trinajstić information content (AvgIpc) is 3.27. The largest absolute Gasteiger partial charge is 0.316 e. The highest BCUT2D eigenvalue weighted by Gasteiger charge is 2.43. The lowest BCUT2D eigenvalue weighted by Gasteiger charge is -2.20. The number of nitrogens with one attached hydrogen (secondary N) is 1. The maximum Gasteiger partial charge on any atom is 0.228 e. The maximum absolute atomic E-state index is 12.7. The Kier molecular flexibility index (Phi) is 3.93. The van der Waals surface area contributed by atoms with Crippen molar-refractivity contribution in [3.8, 4) is 6.07 Å². The van der Waals surface area contributed by atoms with Crippen molar-refractivity contribution in [2.45, 2.75) is 58.3 Å². The first kappa shape index (κ1) is 15.2. The number of fused-ring (bicyclic) bond motifs is 3. The highest BCUT2D eigenvalue weighted by Crippen LogP contribution is 2.49. The molecule has 1 aromatic rings. The lowest BCUT2D eigenvalue weighted by molar-refractivity contribution is -0.121.